The summed E-state index contributed by atoms with van der Waals surface area (Å²) in [4.78, 5) is 4.17. The third-order valence-corrected chi connectivity index (χ3v) is 4.87. The number of pyridine rings is 1. The Morgan fingerprint density at radius 2 is 2.32 bits per heavy atom. The summed E-state index contributed by atoms with van der Waals surface area (Å²) in [6.45, 7) is 2.73. The van der Waals surface area contributed by atoms with E-state index in [1.54, 1.807) is 6.20 Å². The van der Waals surface area contributed by atoms with Crippen molar-refractivity contribution in [2.45, 2.75) is 38.3 Å². The highest BCUT2D eigenvalue weighted by Crippen LogP contribution is 2.12. The number of nitrogens with one attached hydrogen (secondary N) is 2. The highest BCUT2D eigenvalue weighted by atomic mass is 32.2. The van der Waals surface area contributed by atoms with Crippen LogP contribution >= 0.6 is 0 Å². The van der Waals surface area contributed by atoms with Crippen molar-refractivity contribution in [3.8, 4) is 0 Å². The summed E-state index contributed by atoms with van der Waals surface area (Å²) in [5, 5.41) is 3.25. The number of rotatable bonds is 5. The molecule has 1 aliphatic rings. The zero-order valence-corrected chi connectivity index (χ0v) is 12.0. The van der Waals surface area contributed by atoms with Gasteiger partial charge < -0.3 is 5.32 Å². The first-order valence-electron chi connectivity index (χ1n) is 6.71. The molecule has 106 valence electrons. The number of hydrogen-bond donors (Lipinski definition) is 2. The van der Waals surface area contributed by atoms with E-state index in [9.17, 15) is 8.42 Å². The van der Waals surface area contributed by atoms with Crippen molar-refractivity contribution in [3.63, 3.8) is 0 Å². The molecule has 2 atom stereocenters. The van der Waals surface area contributed by atoms with Crippen molar-refractivity contribution in [1.82, 2.24) is 15.0 Å². The monoisotopic (exact) mass is 283 g/mol. The minimum Gasteiger partial charge on any atom is -0.313 e. The first kappa shape index (κ1) is 14.4. The molecular formula is C13H21N3O2S. The lowest BCUT2D eigenvalue weighted by molar-refractivity contribution is 0.421. The molecule has 1 fully saturated rings. The van der Waals surface area contributed by atoms with Gasteiger partial charge in [-0.3, -0.25) is 4.98 Å². The van der Waals surface area contributed by atoms with Gasteiger partial charge in [-0.2, -0.15) is 0 Å². The van der Waals surface area contributed by atoms with Crippen molar-refractivity contribution in [3.05, 3.63) is 30.1 Å². The fourth-order valence-electron chi connectivity index (χ4n) is 2.34. The lowest BCUT2D eigenvalue weighted by Gasteiger charge is -2.24. The summed E-state index contributed by atoms with van der Waals surface area (Å²) >= 11 is 0. The molecule has 0 radical (unpaired) electrons. The molecule has 0 aliphatic carbocycles. The van der Waals surface area contributed by atoms with Crippen molar-refractivity contribution in [1.29, 1.82) is 0 Å². The molecule has 6 heteroatoms. The van der Waals surface area contributed by atoms with E-state index in [0.29, 0.717) is 0 Å². The predicted octanol–water partition coefficient (Wildman–Crippen LogP) is 1.20. The van der Waals surface area contributed by atoms with Crippen molar-refractivity contribution in [2.24, 2.45) is 0 Å². The van der Waals surface area contributed by atoms with Crippen LogP contribution in [0.15, 0.2) is 24.4 Å². The van der Waals surface area contributed by atoms with Crippen molar-refractivity contribution >= 4 is 10.0 Å². The van der Waals surface area contributed by atoms with Crippen LogP contribution in [0, 0.1) is 0 Å². The molecule has 1 aromatic rings. The number of hydrogen-bond acceptors (Lipinski definition) is 4. The lowest BCUT2D eigenvalue weighted by atomic mass is 10.1. The Balaban J connectivity index is 1.93. The molecule has 2 unspecified atom stereocenters. The van der Waals surface area contributed by atoms with Gasteiger partial charge in [0.15, 0.2) is 0 Å². The Morgan fingerprint density at radius 3 is 2.95 bits per heavy atom. The first-order chi connectivity index (χ1) is 9.07. The quantitative estimate of drug-likeness (QED) is 0.852. The van der Waals surface area contributed by atoms with Crippen LogP contribution in [-0.2, 0) is 10.0 Å². The number of piperidine rings is 1. The SMILES string of the molecule is CC(NS(=O)(=O)CC1CCCCN1)c1ccccn1. The molecule has 5 nitrogen and oxygen atoms in total. The molecule has 19 heavy (non-hydrogen) atoms. The van der Waals surface area contributed by atoms with Gasteiger partial charge in [-0.25, -0.2) is 13.1 Å². The molecule has 2 rings (SSSR count). The summed E-state index contributed by atoms with van der Waals surface area (Å²) in [5.41, 5.74) is 0.739. The smallest absolute Gasteiger partial charge is 0.213 e. The van der Waals surface area contributed by atoms with Crippen LogP contribution in [0.4, 0.5) is 0 Å². The Hall–Kier alpha value is -0.980. The zero-order chi connectivity index (χ0) is 13.7. The zero-order valence-electron chi connectivity index (χ0n) is 11.2. The molecule has 1 aromatic heterocycles. The van der Waals surface area contributed by atoms with Crippen LogP contribution in [0.25, 0.3) is 0 Å². The maximum Gasteiger partial charge on any atom is 0.213 e. The normalized spacial score (nSPS) is 22.1. The molecular weight excluding hydrogens is 262 g/mol. The van der Waals surface area contributed by atoms with E-state index in [-0.39, 0.29) is 17.8 Å². The molecule has 2 heterocycles. The summed E-state index contributed by atoms with van der Waals surface area (Å²) in [6, 6.07) is 5.27. The van der Waals surface area contributed by atoms with E-state index < -0.39 is 10.0 Å². The molecule has 1 saturated heterocycles. The van der Waals surface area contributed by atoms with Gasteiger partial charge >= 0.3 is 0 Å². The fourth-order valence-corrected chi connectivity index (χ4v) is 3.91. The Bertz CT molecular complexity index is 484. The van der Waals surface area contributed by atoms with E-state index in [1.807, 2.05) is 25.1 Å². The molecule has 0 amide bonds. The van der Waals surface area contributed by atoms with Crippen LogP contribution < -0.4 is 10.0 Å². The van der Waals surface area contributed by atoms with Gasteiger partial charge in [0.1, 0.15) is 0 Å². The summed E-state index contributed by atoms with van der Waals surface area (Å²) < 4.78 is 26.9. The van der Waals surface area contributed by atoms with Gasteiger partial charge in [-0.05, 0) is 38.4 Å². The summed E-state index contributed by atoms with van der Waals surface area (Å²) in [7, 11) is -3.28. The van der Waals surface area contributed by atoms with Crippen LogP contribution in [0.3, 0.4) is 0 Å². The maximum absolute atomic E-state index is 12.1. The molecule has 0 bridgehead atoms. The van der Waals surface area contributed by atoms with Gasteiger partial charge in [-0.15, -0.1) is 0 Å². The van der Waals surface area contributed by atoms with Gasteiger partial charge in [0.2, 0.25) is 10.0 Å². The number of sulfonamides is 1. The Morgan fingerprint density at radius 1 is 1.47 bits per heavy atom. The first-order valence-corrected chi connectivity index (χ1v) is 8.36. The van der Waals surface area contributed by atoms with E-state index in [2.05, 4.69) is 15.0 Å². The topological polar surface area (TPSA) is 71.1 Å². The average Bonchev–Trinajstić information content (AvgIpc) is 2.39. The van der Waals surface area contributed by atoms with Crippen LogP contribution in [0.1, 0.15) is 37.9 Å². The largest absolute Gasteiger partial charge is 0.313 e. The Labute approximate surface area is 114 Å². The van der Waals surface area contributed by atoms with Gasteiger partial charge in [-0.1, -0.05) is 12.5 Å². The second-order valence-corrected chi connectivity index (χ2v) is 6.82. The Kier molecular flexibility index (Phi) is 4.90. The number of nitrogens with zero attached hydrogens (tertiary/aromatic N) is 1. The van der Waals surface area contributed by atoms with Crippen LogP contribution in [0.5, 0.6) is 0 Å². The molecule has 0 aromatic carbocycles. The van der Waals surface area contributed by atoms with Gasteiger partial charge in [0.25, 0.3) is 0 Å². The number of aromatic nitrogens is 1. The second kappa shape index (κ2) is 6.45. The standard InChI is InChI=1S/C13H21N3O2S/c1-11(13-7-3-5-9-15-13)16-19(17,18)10-12-6-2-4-8-14-12/h3,5,7,9,11-12,14,16H,2,4,6,8,10H2,1H3. The maximum atomic E-state index is 12.1. The minimum absolute atomic E-state index is 0.0715. The van der Waals surface area contributed by atoms with Gasteiger partial charge in [0, 0.05) is 12.2 Å². The molecule has 2 N–H and O–H groups in total. The van der Waals surface area contributed by atoms with E-state index in [0.717, 1.165) is 31.5 Å². The predicted molar refractivity (Wildman–Crippen MR) is 75.2 cm³/mol. The molecule has 0 spiro atoms. The summed E-state index contributed by atoms with van der Waals surface area (Å²) in [5.74, 6) is 0.143. The second-order valence-electron chi connectivity index (χ2n) is 5.02. The third kappa shape index (κ3) is 4.56. The molecule has 1 aliphatic heterocycles. The van der Waals surface area contributed by atoms with E-state index >= 15 is 0 Å². The highest BCUT2D eigenvalue weighted by Gasteiger charge is 2.23. The van der Waals surface area contributed by atoms with Crippen molar-refractivity contribution in [2.75, 3.05) is 12.3 Å². The fraction of sp³-hybridized carbons (Fsp3) is 0.615. The lowest BCUT2D eigenvalue weighted by Crippen LogP contribution is -2.43. The molecule has 0 saturated carbocycles. The van der Waals surface area contributed by atoms with Crippen molar-refractivity contribution < 1.29 is 8.42 Å². The average molecular weight is 283 g/mol. The minimum atomic E-state index is -3.28. The third-order valence-electron chi connectivity index (χ3n) is 3.32. The van der Waals surface area contributed by atoms with E-state index in [4.69, 9.17) is 0 Å². The van der Waals surface area contributed by atoms with Crippen LogP contribution in [0.2, 0.25) is 0 Å². The summed E-state index contributed by atoms with van der Waals surface area (Å²) in [6.07, 6.45) is 4.83. The van der Waals surface area contributed by atoms with E-state index in [1.165, 1.54) is 0 Å². The van der Waals surface area contributed by atoms with Crippen LogP contribution in [-0.4, -0.2) is 31.7 Å². The highest BCUT2D eigenvalue weighted by molar-refractivity contribution is 7.89. The van der Waals surface area contributed by atoms with Gasteiger partial charge in [0.05, 0.1) is 17.5 Å².